The molecule has 0 amide bonds. The van der Waals surface area contributed by atoms with Crippen molar-refractivity contribution in [2.24, 2.45) is 0 Å². The zero-order valence-electron chi connectivity index (χ0n) is 9.06. The van der Waals surface area contributed by atoms with Gasteiger partial charge in [0, 0.05) is 11.8 Å². The lowest BCUT2D eigenvalue weighted by Crippen LogP contribution is -2.83. The van der Waals surface area contributed by atoms with Crippen LogP contribution in [-0.4, -0.2) is 27.8 Å². The molecule has 0 saturated carbocycles. The lowest BCUT2D eigenvalue weighted by Gasteiger charge is -2.14. The van der Waals surface area contributed by atoms with Gasteiger partial charge in [-0.3, -0.25) is 0 Å². The number of benzene rings is 1. The molecule has 0 aliphatic rings. The molecule has 0 spiro atoms. The first-order valence-corrected chi connectivity index (χ1v) is 6.78. The molecule has 0 fully saturated rings. The second-order valence-electron chi connectivity index (χ2n) is 3.46. The molecule has 0 saturated heterocycles. The van der Waals surface area contributed by atoms with E-state index in [-0.39, 0.29) is 12.4 Å². The highest BCUT2D eigenvalue weighted by Gasteiger charge is 2.00. The molecular formula is C10H15FN2O2S. The van der Waals surface area contributed by atoms with E-state index >= 15 is 0 Å². The fraction of sp³-hybridized carbons (Fsp3) is 0.400. The summed E-state index contributed by atoms with van der Waals surface area (Å²) in [5.74, 6) is -0.237. The van der Waals surface area contributed by atoms with Crippen molar-refractivity contribution in [3.63, 3.8) is 0 Å². The van der Waals surface area contributed by atoms with E-state index in [4.69, 9.17) is 0 Å². The van der Waals surface area contributed by atoms with E-state index in [9.17, 15) is 12.8 Å². The lowest BCUT2D eigenvalue weighted by molar-refractivity contribution is -0.667. The van der Waals surface area contributed by atoms with Crippen LogP contribution < -0.4 is 5.32 Å². The molecular weight excluding hydrogens is 231 g/mol. The zero-order chi connectivity index (χ0) is 12.0. The Bertz CT molecular complexity index is 434. The summed E-state index contributed by atoms with van der Waals surface area (Å²) in [7, 11) is -3.25. The standard InChI is InChI=1S/C10H14FN2O2S/c1-16(14,15)13-7-6-12-8-9-4-2-3-5-10(9)11/h2-5,12H,6-8H2,1H3/q-1/p+1. The van der Waals surface area contributed by atoms with E-state index in [2.05, 4.69) is 4.72 Å². The van der Waals surface area contributed by atoms with Crippen molar-refractivity contribution in [3.05, 3.63) is 40.4 Å². The van der Waals surface area contributed by atoms with Crippen molar-refractivity contribution in [1.29, 1.82) is 0 Å². The molecule has 1 rings (SSSR count). The first kappa shape index (κ1) is 13.1. The van der Waals surface area contributed by atoms with Gasteiger partial charge in [-0.25, -0.2) is 12.8 Å². The van der Waals surface area contributed by atoms with Crippen LogP contribution in [0, 0.1) is 5.82 Å². The maximum atomic E-state index is 13.1. The molecule has 0 unspecified atom stereocenters. The molecule has 0 bridgehead atoms. The fourth-order valence-electron chi connectivity index (χ4n) is 1.23. The molecule has 4 nitrogen and oxygen atoms in total. The molecule has 0 radical (unpaired) electrons. The predicted octanol–water partition coefficient (Wildman–Crippen LogP) is 0.222. The van der Waals surface area contributed by atoms with Crippen LogP contribution >= 0.6 is 0 Å². The van der Waals surface area contributed by atoms with E-state index in [0.29, 0.717) is 18.7 Å². The number of hydrogen-bond acceptors (Lipinski definition) is 2. The molecule has 1 aromatic rings. The average Bonchev–Trinajstić information content (AvgIpc) is 2.18. The van der Waals surface area contributed by atoms with Gasteiger partial charge in [0.1, 0.15) is 12.4 Å². The predicted molar refractivity (Wildman–Crippen MR) is 60.0 cm³/mol. The second-order valence-corrected chi connectivity index (χ2v) is 5.18. The zero-order valence-corrected chi connectivity index (χ0v) is 9.87. The molecule has 0 heterocycles. The third-order valence-corrected chi connectivity index (χ3v) is 2.63. The molecule has 0 aliphatic heterocycles. The molecule has 16 heavy (non-hydrogen) atoms. The van der Waals surface area contributed by atoms with Crippen LogP contribution in [0.2, 0.25) is 0 Å². The van der Waals surface area contributed by atoms with Crippen molar-refractivity contribution in [2.75, 3.05) is 19.3 Å². The Morgan fingerprint density at radius 1 is 1.38 bits per heavy atom. The van der Waals surface area contributed by atoms with E-state index in [1.54, 1.807) is 18.2 Å². The van der Waals surface area contributed by atoms with Gasteiger partial charge in [-0.15, -0.1) is 0 Å². The average molecular weight is 246 g/mol. The second kappa shape index (κ2) is 5.93. The summed E-state index contributed by atoms with van der Waals surface area (Å²) in [5, 5.41) is 1.83. The molecule has 90 valence electrons. The smallest absolute Gasteiger partial charge is 0.132 e. The summed E-state index contributed by atoms with van der Waals surface area (Å²) in [6, 6.07) is 6.52. The van der Waals surface area contributed by atoms with Gasteiger partial charge in [0.2, 0.25) is 0 Å². The number of nitrogens with two attached hydrogens (primary N) is 1. The number of quaternary nitrogens is 1. The highest BCUT2D eigenvalue weighted by atomic mass is 32.2. The summed E-state index contributed by atoms with van der Waals surface area (Å²) < 4.78 is 38.0. The van der Waals surface area contributed by atoms with Crippen molar-refractivity contribution >= 4 is 10.0 Å². The number of hydrogen-bond donors (Lipinski definition) is 1. The van der Waals surface area contributed by atoms with Crippen molar-refractivity contribution in [2.45, 2.75) is 6.54 Å². The summed E-state index contributed by atoms with van der Waals surface area (Å²) in [6.45, 7) is 1.25. The summed E-state index contributed by atoms with van der Waals surface area (Å²) in [6.07, 6.45) is 1.06. The Morgan fingerprint density at radius 2 is 2.06 bits per heavy atom. The third-order valence-electron chi connectivity index (χ3n) is 1.98. The Kier molecular flexibility index (Phi) is 4.85. The van der Waals surface area contributed by atoms with Gasteiger partial charge in [-0.05, 0) is 6.07 Å². The normalized spacial score (nSPS) is 11.6. The molecule has 0 aliphatic carbocycles. The Morgan fingerprint density at radius 3 is 2.69 bits per heavy atom. The van der Waals surface area contributed by atoms with Crippen LogP contribution in [0.1, 0.15) is 5.56 Å². The van der Waals surface area contributed by atoms with E-state index < -0.39 is 10.0 Å². The first-order chi connectivity index (χ1) is 7.49. The van der Waals surface area contributed by atoms with Crippen molar-refractivity contribution in [1.82, 2.24) is 0 Å². The minimum absolute atomic E-state index is 0.229. The van der Waals surface area contributed by atoms with Crippen LogP contribution in [0.15, 0.2) is 24.3 Å². The summed E-state index contributed by atoms with van der Waals surface area (Å²) in [5.41, 5.74) is 0.613. The van der Waals surface area contributed by atoms with Gasteiger partial charge in [-0.1, -0.05) is 24.7 Å². The van der Waals surface area contributed by atoms with E-state index in [1.807, 2.05) is 5.32 Å². The van der Waals surface area contributed by atoms with Gasteiger partial charge in [0.25, 0.3) is 0 Å². The fourth-order valence-corrected chi connectivity index (χ4v) is 1.67. The van der Waals surface area contributed by atoms with Crippen molar-refractivity contribution < 1.29 is 18.1 Å². The number of rotatable bonds is 6. The van der Waals surface area contributed by atoms with Crippen LogP contribution in [0.4, 0.5) is 4.39 Å². The lowest BCUT2D eigenvalue weighted by atomic mass is 10.2. The molecule has 1 aromatic carbocycles. The van der Waals surface area contributed by atoms with Crippen LogP contribution in [0.3, 0.4) is 0 Å². The highest BCUT2D eigenvalue weighted by molar-refractivity contribution is 7.93. The number of nitrogens with zero attached hydrogens (tertiary/aromatic N) is 1. The van der Waals surface area contributed by atoms with E-state index in [0.717, 1.165) is 6.26 Å². The summed E-state index contributed by atoms with van der Waals surface area (Å²) >= 11 is 0. The van der Waals surface area contributed by atoms with Crippen LogP contribution in [0.5, 0.6) is 0 Å². The Hall–Kier alpha value is -0.980. The van der Waals surface area contributed by atoms with Crippen molar-refractivity contribution in [3.8, 4) is 0 Å². The maximum absolute atomic E-state index is 13.1. The quantitative estimate of drug-likeness (QED) is 0.730. The van der Waals surface area contributed by atoms with Crippen LogP contribution in [-0.2, 0) is 16.6 Å². The maximum Gasteiger partial charge on any atom is 0.132 e. The minimum atomic E-state index is -3.25. The molecule has 2 N–H and O–H groups in total. The number of sulfonamides is 1. The molecule has 6 heteroatoms. The van der Waals surface area contributed by atoms with Gasteiger partial charge in [0.05, 0.1) is 16.6 Å². The van der Waals surface area contributed by atoms with Gasteiger partial charge >= 0.3 is 0 Å². The SMILES string of the molecule is CS(=O)(=O)[N-]CC[NH2+]Cc1ccccc1F. The topological polar surface area (TPSA) is 64.8 Å². The number of halogens is 1. The van der Waals surface area contributed by atoms with Gasteiger partial charge < -0.3 is 10.0 Å². The Balaban J connectivity index is 2.24. The summed E-state index contributed by atoms with van der Waals surface area (Å²) in [4.78, 5) is 0. The van der Waals surface area contributed by atoms with Gasteiger partial charge in [-0.2, -0.15) is 0 Å². The monoisotopic (exact) mass is 246 g/mol. The largest absolute Gasteiger partial charge is 0.545 e. The minimum Gasteiger partial charge on any atom is -0.545 e. The third kappa shape index (κ3) is 5.20. The molecule has 0 atom stereocenters. The molecule has 0 aromatic heterocycles. The Labute approximate surface area is 94.9 Å². The first-order valence-electron chi connectivity index (χ1n) is 4.93. The van der Waals surface area contributed by atoms with E-state index in [1.165, 1.54) is 6.07 Å². The van der Waals surface area contributed by atoms with Crippen LogP contribution in [0.25, 0.3) is 4.72 Å². The van der Waals surface area contributed by atoms with Gasteiger partial charge in [0.15, 0.2) is 0 Å². The highest BCUT2D eigenvalue weighted by Crippen LogP contribution is 2.03.